The van der Waals surface area contributed by atoms with Crippen molar-refractivity contribution in [2.75, 3.05) is 11.9 Å². The summed E-state index contributed by atoms with van der Waals surface area (Å²) in [7, 11) is 3.84. The van der Waals surface area contributed by atoms with Gasteiger partial charge >= 0.3 is 0 Å². The molecule has 0 unspecified atom stereocenters. The largest absolute Gasteiger partial charge is 0.355 e. The fraction of sp³-hybridized carbons (Fsp3) is 0.500. The fourth-order valence-corrected chi connectivity index (χ4v) is 1.56. The van der Waals surface area contributed by atoms with E-state index >= 15 is 0 Å². The van der Waals surface area contributed by atoms with Gasteiger partial charge in [-0.3, -0.25) is 4.68 Å². The summed E-state index contributed by atoms with van der Waals surface area (Å²) in [6.07, 6.45) is 4.49. The van der Waals surface area contributed by atoms with E-state index in [1.165, 1.54) is 0 Å². The Hall–Kier alpha value is -1.85. The van der Waals surface area contributed by atoms with Crippen molar-refractivity contribution in [3.05, 3.63) is 24.0 Å². The van der Waals surface area contributed by atoms with E-state index in [0.29, 0.717) is 0 Å². The maximum absolute atomic E-state index is 4.35. The van der Waals surface area contributed by atoms with Crippen molar-refractivity contribution in [1.29, 1.82) is 0 Å². The second-order valence-electron chi connectivity index (χ2n) is 3.83. The summed E-state index contributed by atoms with van der Waals surface area (Å²) in [5, 5.41) is 7.46. The van der Waals surface area contributed by atoms with Crippen molar-refractivity contribution in [2.45, 2.75) is 13.3 Å². The van der Waals surface area contributed by atoms with Gasteiger partial charge in [0.1, 0.15) is 6.33 Å². The molecule has 0 fully saturated rings. The molecule has 0 aliphatic rings. The summed E-state index contributed by atoms with van der Waals surface area (Å²) in [5.41, 5.74) is 1.01. The van der Waals surface area contributed by atoms with Crippen molar-refractivity contribution in [3.63, 3.8) is 0 Å². The number of aryl methyl sites for hydroxylation is 3. The SMILES string of the molecule is Cc1cn(C)c(NCCc2ncn(C)n2)n1. The lowest BCUT2D eigenvalue weighted by Crippen LogP contribution is -2.09. The van der Waals surface area contributed by atoms with Gasteiger partial charge in [-0.1, -0.05) is 0 Å². The van der Waals surface area contributed by atoms with Gasteiger partial charge in [-0.25, -0.2) is 9.97 Å². The number of rotatable bonds is 4. The third-order valence-electron chi connectivity index (χ3n) is 2.28. The molecule has 0 saturated carbocycles. The molecule has 6 heteroatoms. The van der Waals surface area contributed by atoms with Crippen molar-refractivity contribution in [1.82, 2.24) is 24.3 Å². The molecule has 0 aliphatic carbocycles. The molecule has 6 nitrogen and oxygen atoms in total. The monoisotopic (exact) mass is 220 g/mol. The van der Waals surface area contributed by atoms with E-state index in [-0.39, 0.29) is 0 Å². The van der Waals surface area contributed by atoms with Gasteiger partial charge in [0.15, 0.2) is 5.82 Å². The van der Waals surface area contributed by atoms with Crippen LogP contribution in [0.1, 0.15) is 11.5 Å². The van der Waals surface area contributed by atoms with Crippen molar-refractivity contribution < 1.29 is 0 Å². The van der Waals surface area contributed by atoms with Gasteiger partial charge in [-0.15, -0.1) is 0 Å². The molecule has 2 heterocycles. The van der Waals surface area contributed by atoms with Crippen LogP contribution in [-0.4, -0.2) is 30.9 Å². The maximum Gasteiger partial charge on any atom is 0.202 e. The van der Waals surface area contributed by atoms with Gasteiger partial charge in [0, 0.05) is 33.3 Å². The molecule has 0 bridgehead atoms. The second-order valence-corrected chi connectivity index (χ2v) is 3.83. The molecule has 0 spiro atoms. The van der Waals surface area contributed by atoms with E-state index in [9.17, 15) is 0 Å². The van der Waals surface area contributed by atoms with Crippen molar-refractivity contribution >= 4 is 5.95 Å². The topological polar surface area (TPSA) is 60.6 Å². The summed E-state index contributed by atoms with van der Waals surface area (Å²) in [5.74, 6) is 1.73. The Bertz CT molecular complexity index is 469. The van der Waals surface area contributed by atoms with Crippen LogP contribution in [0, 0.1) is 6.92 Å². The zero-order chi connectivity index (χ0) is 11.5. The Labute approximate surface area is 94.3 Å². The van der Waals surface area contributed by atoms with Gasteiger partial charge < -0.3 is 9.88 Å². The van der Waals surface area contributed by atoms with E-state index in [0.717, 1.165) is 30.4 Å². The molecular weight excluding hydrogens is 204 g/mol. The number of aromatic nitrogens is 5. The Balaban J connectivity index is 1.86. The zero-order valence-electron chi connectivity index (χ0n) is 9.80. The highest BCUT2D eigenvalue weighted by atomic mass is 15.3. The molecule has 0 amide bonds. The first-order chi connectivity index (χ1) is 7.65. The smallest absolute Gasteiger partial charge is 0.202 e. The first-order valence-electron chi connectivity index (χ1n) is 5.23. The van der Waals surface area contributed by atoms with Crippen LogP contribution in [0.2, 0.25) is 0 Å². The summed E-state index contributed by atoms with van der Waals surface area (Å²) >= 11 is 0. The molecule has 1 N–H and O–H groups in total. The molecule has 2 aromatic rings. The summed E-state index contributed by atoms with van der Waals surface area (Å²) in [4.78, 5) is 8.51. The molecule has 0 atom stereocenters. The Morgan fingerprint density at radius 2 is 2.19 bits per heavy atom. The normalized spacial score (nSPS) is 10.7. The van der Waals surface area contributed by atoms with Crippen molar-refractivity contribution in [3.8, 4) is 0 Å². The molecule has 2 rings (SSSR count). The first kappa shape index (κ1) is 10.7. The van der Waals surface area contributed by atoms with Crippen LogP contribution >= 0.6 is 0 Å². The van der Waals surface area contributed by atoms with Gasteiger partial charge in [-0.2, -0.15) is 5.10 Å². The number of imidazole rings is 1. The van der Waals surface area contributed by atoms with Crippen LogP contribution in [-0.2, 0) is 20.5 Å². The number of hydrogen-bond acceptors (Lipinski definition) is 4. The summed E-state index contributed by atoms with van der Waals surface area (Å²) in [6.45, 7) is 2.76. The molecule has 86 valence electrons. The maximum atomic E-state index is 4.35. The molecule has 0 saturated heterocycles. The third kappa shape index (κ3) is 2.39. The zero-order valence-corrected chi connectivity index (χ0v) is 9.80. The number of anilines is 1. The van der Waals surface area contributed by atoms with E-state index in [2.05, 4.69) is 20.4 Å². The van der Waals surface area contributed by atoms with Gasteiger partial charge in [0.2, 0.25) is 5.95 Å². The van der Waals surface area contributed by atoms with Crippen LogP contribution in [0.3, 0.4) is 0 Å². The minimum atomic E-state index is 0.786. The van der Waals surface area contributed by atoms with Crippen LogP contribution in [0.15, 0.2) is 12.5 Å². The van der Waals surface area contributed by atoms with Gasteiger partial charge in [0.05, 0.1) is 5.69 Å². The Morgan fingerprint density at radius 1 is 1.38 bits per heavy atom. The quantitative estimate of drug-likeness (QED) is 0.815. The average Bonchev–Trinajstić information content (AvgIpc) is 2.74. The number of nitrogens with one attached hydrogen (secondary N) is 1. The molecule has 0 radical (unpaired) electrons. The summed E-state index contributed by atoms with van der Waals surface area (Å²) < 4.78 is 3.68. The minimum absolute atomic E-state index is 0.786. The molecule has 0 aliphatic heterocycles. The van der Waals surface area contributed by atoms with Crippen LogP contribution < -0.4 is 5.32 Å². The van der Waals surface area contributed by atoms with E-state index in [1.807, 2.05) is 31.8 Å². The Kier molecular flexibility index (Phi) is 2.89. The third-order valence-corrected chi connectivity index (χ3v) is 2.28. The van der Waals surface area contributed by atoms with Crippen molar-refractivity contribution in [2.24, 2.45) is 14.1 Å². The predicted molar refractivity (Wildman–Crippen MR) is 61.1 cm³/mol. The lowest BCUT2D eigenvalue weighted by atomic mass is 10.4. The van der Waals surface area contributed by atoms with Gasteiger partial charge in [-0.05, 0) is 6.92 Å². The highest BCUT2D eigenvalue weighted by molar-refractivity contribution is 5.28. The number of hydrogen-bond donors (Lipinski definition) is 1. The second kappa shape index (κ2) is 4.34. The lowest BCUT2D eigenvalue weighted by Gasteiger charge is -2.03. The van der Waals surface area contributed by atoms with E-state index in [4.69, 9.17) is 0 Å². The number of nitrogens with zero attached hydrogens (tertiary/aromatic N) is 5. The lowest BCUT2D eigenvalue weighted by molar-refractivity contribution is 0.740. The molecule has 0 aromatic carbocycles. The first-order valence-corrected chi connectivity index (χ1v) is 5.23. The minimum Gasteiger partial charge on any atom is -0.355 e. The average molecular weight is 220 g/mol. The standard InChI is InChI=1S/C10H16N6/c1-8-6-15(2)10(13-8)11-5-4-9-12-7-16(3)14-9/h6-7H,4-5H2,1-3H3,(H,11,13). The van der Waals surface area contributed by atoms with Crippen LogP contribution in [0.5, 0.6) is 0 Å². The van der Waals surface area contributed by atoms with Gasteiger partial charge in [0.25, 0.3) is 0 Å². The Morgan fingerprint density at radius 3 is 2.75 bits per heavy atom. The highest BCUT2D eigenvalue weighted by Crippen LogP contribution is 2.05. The highest BCUT2D eigenvalue weighted by Gasteiger charge is 2.02. The van der Waals surface area contributed by atoms with Crippen LogP contribution in [0.25, 0.3) is 0 Å². The molecular formula is C10H16N6. The van der Waals surface area contributed by atoms with E-state index < -0.39 is 0 Å². The predicted octanol–water partition coefficient (Wildman–Crippen LogP) is 0.512. The van der Waals surface area contributed by atoms with Crippen LogP contribution in [0.4, 0.5) is 5.95 Å². The molecule has 16 heavy (non-hydrogen) atoms. The molecule has 2 aromatic heterocycles. The summed E-state index contributed by atoms with van der Waals surface area (Å²) in [6, 6.07) is 0. The fourth-order valence-electron chi connectivity index (χ4n) is 1.56. The van der Waals surface area contributed by atoms with E-state index in [1.54, 1.807) is 11.0 Å².